The summed E-state index contributed by atoms with van der Waals surface area (Å²) < 4.78 is 11.6. The van der Waals surface area contributed by atoms with E-state index in [1.54, 1.807) is 4.90 Å². The number of benzene rings is 1. The van der Waals surface area contributed by atoms with Crippen LogP contribution in [0.1, 0.15) is 225 Å². The van der Waals surface area contributed by atoms with Crippen LogP contribution in [0.2, 0.25) is 0 Å². The van der Waals surface area contributed by atoms with Gasteiger partial charge in [0, 0.05) is 13.0 Å². The Morgan fingerprint density at radius 3 is 1.42 bits per heavy atom. The van der Waals surface area contributed by atoms with Gasteiger partial charge in [0.05, 0.1) is 6.61 Å². The van der Waals surface area contributed by atoms with Crippen LogP contribution in [0.5, 0.6) is 0 Å². The van der Waals surface area contributed by atoms with Crippen molar-refractivity contribution in [1.29, 1.82) is 0 Å². The van der Waals surface area contributed by atoms with Gasteiger partial charge < -0.3 is 35.0 Å². The normalized spacial score (nSPS) is 19.2. The lowest BCUT2D eigenvalue weighted by Crippen LogP contribution is -2.68. The number of amides is 2. The van der Waals surface area contributed by atoms with Crippen LogP contribution < -0.4 is 5.32 Å². The summed E-state index contributed by atoms with van der Waals surface area (Å²) in [6.45, 7) is 4.44. The summed E-state index contributed by atoms with van der Waals surface area (Å²) in [5.41, 5.74) is 0.809. The lowest BCUT2D eigenvalue weighted by atomic mass is 9.95. The van der Waals surface area contributed by atoms with Crippen molar-refractivity contribution in [3.05, 3.63) is 35.9 Å². The molecule has 1 aliphatic rings. The first-order valence-electron chi connectivity index (χ1n) is 24.8. The van der Waals surface area contributed by atoms with E-state index in [1.807, 2.05) is 30.3 Å². The van der Waals surface area contributed by atoms with E-state index < -0.39 is 43.3 Å². The lowest BCUT2D eigenvalue weighted by molar-refractivity contribution is -0.230. The zero-order chi connectivity index (χ0) is 42.6. The highest BCUT2D eigenvalue weighted by Crippen LogP contribution is 2.26. The molecule has 1 fully saturated rings. The molecule has 0 saturated carbocycles. The molecule has 2 amide bonds. The maximum atomic E-state index is 14.0. The average Bonchev–Trinajstić information content (AvgIpc) is 3.25. The number of hydrogen-bond acceptors (Lipinski definition) is 7. The third-order valence-electron chi connectivity index (χ3n) is 12.3. The fourth-order valence-electron chi connectivity index (χ4n) is 8.44. The molecular formula is C50H90N2O7. The second kappa shape index (κ2) is 36.5. The van der Waals surface area contributed by atoms with Gasteiger partial charge in [-0.1, -0.05) is 230 Å². The van der Waals surface area contributed by atoms with E-state index in [-0.39, 0.29) is 12.5 Å². The Bertz CT molecular complexity index is 1120. The summed E-state index contributed by atoms with van der Waals surface area (Å²) in [6.07, 6.45) is 33.2. The van der Waals surface area contributed by atoms with E-state index in [4.69, 9.17) is 9.47 Å². The predicted molar refractivity (Wildman–Crippen MR) is 242 cm³/mol. The molecule has 0 aliphatic carbocycles. The Morgan fingerprint density at radius 2 is 1.00 bits per heavy atom. The maximum Gasteiger partial charge on any atom is 0.407 e. The lowest BCUT2D eigenvalue weighted by Gasteiger charge is -2.46. The van der Waals surface area contributed by atoms with Gasteiger partial charge in [-0.25, -0.2) is 4.79 Å². The number of aliphatic hydroxyl groups excluding tert-OH is 3. The maximum absolute atomic E-state index is 14.0. The minimum Gasteiger partial charge on any atom is -0.445 e. The Kier molecular flexibility index (Phi) is 32.7. The van der Waals surface area contributed by atoms with E-state index in [0.29, 0.717) is 13.0 Å². The molecule has 1 aromatic carbocycles. The van der Waals surface area contributed by atoms with Crippen LogP contribution in [-0.4, -0.2) is 76.0 Å². The van der Waals surface area contributed by atoms with Gasteiger partial charge in [-0.05, 0) is 18.4 Å². The van der Waals surface area contributed by atoms with Gasteiger partial charge in [-0.3, -0.25) is 4.79 Å². The predicted octanol–water partition coefficient (Wildman–Crippen LogP) is 12.1. The highest BCUT2D eigenvalue weighted by atomic mass is 16.6. The Morgan fingerprint density at radius 1 is 0.593 bits per heavy atom. The van der Waals surface area contributed by atoms with Gasteiger partial charge in [0.25, 0.3) is 0 Å². The summed E-state index contributed by atoms with van der Waals surface area (Å²) in [5.74, 6) is -0.101. The van der Waals surface area contributed by atoms with Gasteiger partial charge in [-0.15, -0.1) is 0 Å². The zero-order valence-corrected chi connectivity index (χ0v) is 37.9. The largest absolute Gasteiger partial charge is 0.445 e. The molecule has 0 spiro atoms. The molecule has 59 heavy (non-hydrogen) atoms. The van der Waals surface area contributed by atoms with Crippen molar-refractivity contribution in [3.8, 4) is 0 Å². The zero-order valence-electron chi connectivity index (χ0n) is 37.9. The summed E-state index contributed by atoms with van der Waals surface area (Å²) in [4.78, 5) is 28.7. The first-order valence-corrected chi connectivity index (χ1v) is 24.8. The summed E-state index contributed by atoms with van der Waals surface area (Å²) in [5, 5.41) is 34.8. The molecular weight excluding hydrogens is 741 g/mol. The van der Waals surface area contributed by atoms with Crippen LogP contribution in [0.25, 0.3) is 0 Å². The number of ether oxygens (including phenoxy) is 2. The van der Waals surface area contributed by atoms with Gasteiger partial charge in [0.15, 0.2) is 6.23 Å². The second-order valence-electron chi connectivity index (χ2n) is 17.6. The number of aliphatic hydroxyl groups is 3. The molecule has 9 nitrogen and oxygen atoms in total. The standard InChI is InChI=1S/C50H90N2O7/c1-3-5-7-9-11-13-15-17-19-21-23-25-27-29-31-36-40-52(45(54)39-35-30-28-26-24-22-20-18-16-14-12-10-8-6-4-2)49-46(48(56)47(55)44(41-53)59-49)51-50(57)58-42-43-37-33-32-34-38-43/h32-34,37-38,44,46-49,53,55-56H,3-31,35-36,39-42H2,1-2H3,(H,51,57)/t44-,46-,47+,48-,49?/m1/s1. The van der Waals surface area contributed by atoms with Crippen LogP contribution in [0.3, 0.4) is 0 Å². The van der Waals surface area contributed by atoms with Crippen LogP contribution in [0, 0.1) is 0 Å². The van der Waals surface area contributed by atoms with Gasteiger partial charge in [0.1, 0.15) is 31.0 Å². The fourth-order valence-corrected chi connectivity index (χ4v) is 8.44. The van der Waals surface area contributed by atoms with Gasteiger partial charge >= 0.3 is 6.09 Å². The van der Waals surface area contributed by atoms with Crippen molar-refractivity contribution in [3.63, 3.8) is 0 Å². The second-order valence-corrected chi connectivity index (χ2v) is 17.6. The third-order valence-corrected chi connectivity index (χ3v) is 12.3. The number of rotatable bonds is 38. The molecule has 1 heterocycles. The quantitative estimate of drug-likeness (QED) is 0.0489. The van der Waals surface area contributed by atoms with Crippen molar-refractivity contribution in [2.75, 3.05) is 13.2 Å². The van der Waals surface area contributed by atoms with Crippen LogP contribution >= 0.6 is 0 Å². The van der Waals surface area contributed by atoms with E-state index in [2.05, 4.69) is 19.2 Å². The Labute approximate surface area is 361 Å². The van der Waals surface area contributed by atoms with Gasteiger partial charge in [0.2, 0.25) is 5.91 Å². The van der Waals surface area contributed by atoms with Gasteiger partial charge in [-0.2, -0.15) is 0 Å². The van der Waals surface area contributed by atoms with Crippen LogP contribution in [0.15, 0.2) is 30.3 Å². The summed E-state index contributed by atoms with van der Waals surface area (Å²) in [6, 6.07) is 8.16. The fraction of sp³-hybridized carbons (Fsp3) is 0.840. The highest BCUT2D eigenvalue weighted by molar-refractivity contribution is 5.76. The third kappa shape index (κ3) is 25.4. The number of unbranched alkanes of at least 4 members (excludes halogenated alkanes) is 29. The molecule has 1 unspecified atom stereocenters. The number of hydrogen-bond donors (Lipinski definition) is 4. The van der Waals surface area contributed by atoms with E-state index in [0.717, 1.165) is 44.1 Å². The van der Waals surface area contributed by atoms with E-state index in [9.17, 15) is 24.9 Å². The van der Waals surface area contributed by atoms with E-state index >= 15 is 0 Å². The molecule has 0 radical (unpaired) electrons. The molecule has 9 heteroatoms. The van der Waals surface area contributed by atoms with Crippen molar-refractivity contribution in [1.82, 2.24) is 10.2 Å². The van der Waals surface area contributed by atoms with Crippen molar-refractivity contribution < 1.29 is 34.4 Å². The molecule has 1 saturated heterocycles. The van der Waals surface area contributed by atoms with Crippen molar-refractivity contribution in [2.45, 2.75) is 257 Å². The molecule has 5 atom stereocenters. The monoisotopic (exact) mass is 831 g/mol. The number of carbonyl (C=O) groups excluding carboxylic acids is 2. The first kappa shape index (κ1) is 52.9. The number of carbonyl (C=O) groups is 2. The molecule has 1 aromatic rings. The summed E-state index contributed by atoms with van der Waals surface area (Å²) >= 11 is 0. The number of nitrogens with one attached hydrogen (secondary N) is 1. The molecule has 1 aliphatic heterocycles. The molecule has 0 aromatic heterocycles. The molecule has 342 valence electrons. The minimum absolute atomic E-state index is 0.0316. The van der Waals surface area contributed by atoms with Crippen molar-refractivity contribution in [2.24, 2.45) is 0 Å². The topological polar surface area (TPSA) is 129 Å². The van der Waals surface area contributed by atoms with E-state index in [1.165, 1.54) is 161 Å². The first-order chi connectivity index (χ1) is 28.9. The van der Waals surface area contributed by atoms with Crippen molar-refractivity contribution >= 4 is 12.0 Å². The number of alkyl carbamates (subject to hydrolysis) is 1. The SMILES string of the molecule is CCCCCCCCCCCCCCCCCCN(C(=O)CCCCCCCCCCCCCCCCC)C1O[C@H](CO)[C@H](O)[C@H](O)[C@H]1NC(=O)OCc1ccccc1. The highest BCUT2D eigenvalue weighted by Gasteiger charge is 2.48. The molecule has 2 rings (SSSR count). The summed E-state index contributed by atoms with van der Waals surface area (Å²) in [7, 11) is 0. The van der Waals surface area contributed by atoms with Crippen LogP contribution in [0.4, 0.5) is 4.79 Å². The Balaban J connectivity index is 1.85. The van der Waals surface area contributed by atoms with Crippen LogP contribution in [-0.2, 0) is 20.9 Å². The average molecular weight is 831 g/mol. The smallest absolute Gasteiger partial charge is 0.407 e. The molecule has 0 bridgehead atoms. The molecule has 4 N–H and O–H groups in total. The Hall–Kier alpha value is -2.20. The number of nitrogens with zero attached hydrogens (tertiary/aromatic N) is 1. The minimum atomic E-state index is -1.47.